The summed E-state index contributed by atoms with van der Waals surface area (Å²) in [5.74, 6) is -0.959. The van der Waals surface area contributed by atoms with Crippen molar-refractivity contribution in [3.8, 4) is 0 Å². The second-order valence-electron chi connectivity index (χ2n) is 5.49. The number of amides is 3. The molecule has 1 aliphatic heterocycles. The molecule has 1 aliphatic rings. The Morgan fingerprint density at radius 1 is 1.32 bits per heavy atom. The van der Waals surface area contributed by atoms with Gasteiger partial charge in [-0.15, -0.1) is 0 Å². The van der Waals surface area contributed by atoms with Crippen LogP contribution in [0.3, 0.4) is 0 Å². The van der Waals surface area contributed by atoms with Crippen LogP contribution in [-0.2, 0) is 24.6 Å². The van der Waals surface area contributed by atoms with Crippen LogP contribution in [0.4, 0.5) is 4.79 Å². The summed E-state index contributed by atoms with van der Waals surface area (Å²) in [6, 6.07) is 4.15. The van der Waals surface area contributed by atoms with Crippen molar-refractivity contribution in [2.45, 2.75) is 19.4 Å². The van der Waals surface area contributed by atoms with Crippen LogP contribution in [0.5, 0.6) is 0 Å². The Kier molecular flexibility index (Phi) is 6.26. The fraction of sp³-hybridized carbons (Fsp3) is 0.438. The first-order chi connectivity index (χ1) is 11.8. The average molecular weight is 389 g/mol. The molecule has 1 saturated heterocycles. The van der Waals surface area contributed by atoms with Gasteiger partial charge in [-0.1, -0.05) is 29.3 Å². The summed E-state index contributed by atoms with van der Waals surface area (Å²) in [7, 11) is 0. The maximum Gasteiger partial charge on any atom is 0.332 e. The van der Waals surface area contributed by atoms with Crippen LogP contribution in [0.2, 0.25) is 10.0 Å². The van der Waals surface area contributed by atoms with E-state index in [0.29, 0.717) is 10.6 Å². The highest BCUT2D eigenvalue weighted by Crippen LogP contribution is 2.34. The fourth-order valence-electron chi connectivity index (χ4n) is 2.49. The van der Waals surface area contributed by atoms with E-state index in [1.54, 1.807) is 26.0 Å². The number of ether oxygens (including phenoxy) is 2. The zero-order valence-corrected chi connectivity index (χ0v) is 15.3. The first-order valence-electron chi connectivity index (χ1n) is 7.62. The number of rotatable bonds is 7. The Hall–Kier alpha value is -1.83. The molecule has 0 spiro atoms. The third kappa shape index (κ3) is 4.23. The Morgan fingerprint density at radius 3 is 2.68 bits per heavy atom. The van der Waals surface area contributed by atoms with Crippen LogP contribution < -0.4 is 5.32 Å². The normalized spacial score (nSPS) is 19.9. The number of benzene rings is 1. The maximum absolute atomic E-state index is 12.7. The van der Waals surface area contributed by atoms with Gasteiger partial charge in [0.25, 0.3) is 5.91 Å². The lowest BCUT2D eigenvalue weighted by Gasteiger charge is -2.23. The number of halogens is 2. The van der Waals surface area contributed by atoms with E-state index in [2.05, 4.69) is 5.32 Å². The summed E-state index contributed by atoms with van der Waals surface area (Å²) >= 11 is 12.0. The van der Waals surface area contributed by atoms with Crippen LogP contribution >= 0.6 is 23.2 Å². The Morgan fingerprint density at radius 2 is 2.04 bits per heavy atom. The Bertz CT molecular complexity index is 697. The van der Waals surface area contributed by atoms with Crippen LogP contribution in [0.25, 0.3) is 0 Å². The largest absolute Gasteiger partial charge is 0.464 e. The smallest absolute Gasteiger partial charge is 0.332 e. The summed E-state index contributed by atoms with van der Waals surface area (Å²) in [6.07, 6.45) is 0. The minimum Gasteiger partial charge on any atom is -0.464 e. The van der Waals surface area contributed by atoms with Gasteiger partial charge in [0, 0.05) is 15.6 Å². The van der Waals surface area contributed by atoms with Gasteiger partial charge < -0.3 is 14.8 Å². The predicted octanol–water partition coefficient (Wildman–Crippen LogP) is 2.34. The van der Waals surface area contributed by atoms with E-state index in [4.69, 9.17) is 32.7 Å². The molecule has 1 fully saturated rings. The van der Waals surface area contributed by atoms with E-state index in [1.165, 1.54) is 6.07 Å². The van der Waals surface area contributed by atoms with E-state index < -0.39 is 23.4 Å². The van der Waals surface area contributed by atoms with Gasteiger partial charge >= 0.3 is 12.0 Å². The number of carbonyl (C=O) groups is 3. The molecule has 0 radical (unpaired) electrons. The summed E-state index contributed by atoms with van der Waals surface area (Å²) < 4.78 is 9.85. The lowest BCUT2D eigenvalue weighted by atomic mass is 9.92. The third-order valence-electron chi connectivity index (χ3n) is 3.73. The standard InChI is InChI=1S/C16H18Cl2N2O5/c1-3-25-13(21)9-24-7-6-20-14(22)16(2,19-15(20)23)11-5-4-10(17)8-12(11)18/h4-5,8H,3,6-7,9H2,1-2H3,(H,19,23)/t16-/m1/s1. The van der Waals surface area contributed by atoms with Crippen molar-refractivity contribution in [1.82, 2.24) is 10.2 Å². The average Bonchev–Trinajstić information content (AvgIpc) is 2.75. The Labute approximate surface area is 155 Å². The maximum atomic E-state index is 12.7. The predicted molar refractivity (Wildman–Crippen MR) is 91.5 cm³/mol. The summed E-state index contributed by atoms with van der Waals surface area (Å²) in [4.78, 5) is 37.1. The number of urea groups is 1. The molecule has 1 atom stereocenters. The molecule has 25 heavy (non-hydrogen) atoms. The van der Waals surface area contributed by atoms with Gasteiger partial charge in [0.05, 0.1) is 19.8 Å². The van der Waals surface area contributed by atoms with Crippen LogP contribution in [0, 0.1) is 0 Å². The number of carbonyl (C=O) groups excluding carboxylic acids is 3. The minimum absolute atomic E-state index is 0.00483. The molecule has 0 aliphatic carbocycles. The number of hydrogen-bond acceptors (Lipinski definition) is 5. The molecule has 0 saturated carbocycles. The van der Waals surface area contributed by atoms with Gasteiger partial charge in [-0.25, -0.2) is 9.59 Å². The number of nitrogens with one attached hydrogen (secondary N) is 1. The third-order valence-corrected chi connectivity index (χ3v) is 4.28. The second-order valence-corrected chi connectivity index (χ2v) is 6.34. The molecular formula is C16H18Cl2N2O5. The SMILES string of the molecule is CCOC(=O)COCCN1C(=O)N[C@](C)(c2ccc(Cl)cc2Cl)C1=O. The van der Waals surface area contributed by atoms with Crippen molar-refractivity contribution in [2.75, 3.05) is 26.4 Å². The first-order valence-corrected chi connectivity index (χ1v) is 8.38. The molecule has 0 bridgehead atoms. The number of nitrogens with zero attached hydrogens (tertiary/aromatic N) is 1. The van der Waals surface area contributed by atoms with Gasteiger partial charge in [-0.3, -0.25) is 9.69 Å². The van der Waals surface area contributed by atoms with Crippen LogP contribution in [-0.4, -0.2) is 49.2 Å². The minimum atomic E-state index is -1.29. The zero-order chi connectivity index (χ0) is 18.6. The van der Waals surface area contributed by atoms with E-state index in [-0.39, 0.29) is 31.4 Å². The molecule has 1 aromatic rings. The lowest BCUT2D eigenvalue weighted by Crippen LogP contribution is -2.41. The van der Waals surface area contributed by atoms with E-state index >= 15 is 0 Å². The molecule has 3 amide bonds. The molecule has 1 N–H and O–H groups in total. The van der Waals surface area contributed by atoms with Gasteiger partial charge in [-0.05, 0) is 26.0 Å². The number of hydrogen-bond donors (Lipinski definition) is 1. The lowest BCUT2D eigenvalue weighted by molar-refractivity contribution is -0.148. The van der Waals surface area contributed by atoms with Gasteiger partial charge in [0.2, 0.25) is 0 Å². The molecule has 7 nitrogen and oxygen atoms in total. The first kappa shape index (κ1) is 19.5. The highest BCUT2D eigenvalue weighted by molar-refractivity contribution is 6.35. The molecule has 0 aromatic heterocycles. The van der Waals surface area contributed by atoms with Crippen LogP contribution in [0.15, 0.2) is 18.2 Å². The van der Waals surface area contributed by atoms with E-state index in [0.717, 1.165) is 4.90 Å². The molecule has 0 unspecified atom stereocenters. The molecule has 2 rings (SSSR count). The summed E-state index contributed by atoms with van der Waals surface area (Å²) in [5, 5.41) is 3.35. The van der Waals surface area contributed by atoms with Crippen molar-refractivity contribution < 1.29 is 23.9 Å². The van der Waals surface area contributed by atoms with Gasteiger partial charge in [-0.2, -0.15) is 0 Å². The van der Waals surface area contributed by atoms with Crippen molar-refractivity contribution in [3.05, 3.63) is 33.8 Å². The quantitative estimate of drug-likeness (QED) is 0.440. The van der Waals surface area contributed by atoms with Crippen LogP contribution in [0.1, 0.15) is 19.4 Å². The van der Waals surface area contributed by atoms with Gasteiger partial charge in [0.1, 0.15) is 12.1 Å². The molecule has 1 aromatic carbocycles. The summed E-state index contributed by atoms with van der Waals surface area (Å²) in [6.45, 7) is 3.30. The number of esters is 1. The van der Waals surface area contributed by atoms with Gasteiger partial charge in [0.15, 0.2) is 0 Å². The molecule has 9 heteroatoms. The fourth-order valence-corrected chi connectivity index (χ4v) is 3.09. The molecule has 136 valence electrons. The molecule has 1 heterocycles. The Balaban J connectivity index is 2.02. The number of imide groups is 1. The highest BCUT2D eigenvalue weighted by atomic mass is 35.5. The van der Waals surface area contributed by atoms with Crippen molar-refractivity contribution in [3.63, 3.8) is 0 Å². The highest BCUT2D eigenvalue weighted by Gasteiger charge is 2.49. The monoisotopic (exact) mass is 388 g/mol. The van der Waals surface area contributed by atoms with Crippen molar-refractivity contribution >= 4 is 41.1 Å². The van der Waals surface area contributed by atoms with Crippen molar-refractivity contribution in [2.24, 2.45) is 0 Å². The zero-order valence-electron chi connectivity index (χ0n) is 13.8. The van der Waals surface area contributed by atoms with E-state index in [1.807, 2.05) is 0 Å². The molecular weight excluding hydrogens is 371 g/mol. The van der Waals surface area contributed by atoms with Crippen molar-refractivity contribution in [1.29, 1.82) is 0 Å². The van der Waals surface area contributed by atoms with E-state index in [9.17, 15) is 14.4 Å². The summed E-state index contributed by atoms with van der Waals surface area (Å²) in [5.41, 5.74) is -0.841. The topological polar surface area (TPSA) is 84.9 Å². The second kappa shape index (κ2) is 8.03.